The van der Waals surface area contributed by atoms with Gasteiger partial charge in [0.15, 0.2) is 0 Å². The predicted octanol–water partition coefficient (Wildman–Crippen LogP) is 2.78. The molecular weight excluding hydrogens is 236 g/mol. The summed E-state index contributed by atoms with van der Waals surface area (Å²) in [5.41, 5.74) is 2.75. The third-order valence-electron chi connectivity index (χ3n) is 2.78. The van der Waals surface area contributed by atoms with E-state index < -0.39 is 5.97 Å². The van der Waals surface area contributed by atoms with Crippen molar-refractivity contribution < 1.29 is 9.90 Å². The number of hydrogen-bond donors (Lipinski definition) is 1. The van der Waals surface area contributed by atoms with Crippen LogP contribution in [-0.2, 0) is 4.79 Å². The average Bonchev–Trinajstić information content (AvgIpc) is 2.67. The van der Waals surface area contributed by atoms with E-state index in [1.807, 2.05) is 10.9 Å². The highest BCUT2D eigenvalue weighted by atomic mass is 32.1. The minimum Gasteiger partial charge on any atom is -0.481 e. The second-order valence-electron chi connectivity index (χ2n) is 5.10. The fourth-order valence-corrected chi connectivity index (χ4v) is 2.55. The van der Waals surface area contributed by atoms with Crippen LogP contribution in [0.2, 0.25) is 0 Å². The van der Waals surface area contributed by atoms with Crippen molar-refractivity contribution in [2.24, 2.45) is 0 Å². The largest absolute Gasteiger partial charge is 0.481 e. The van der Waals surface area contributed by atoms with Crippen LogP contribution in [0.4, 0.5) is 0 Å². The second kappa shape index (κ2) is 5.60. The minimum atomic E-state index is -0.760. The molecule has 1 rings (SSSR count). The van der Waals surface area contributed by atoms with E-state index in [2.05, 4.69) is 37.6 Å². The van der Waals surface area contributed by atoms with Crippen molar-refractivity contribution in [1.82, 2.24) is 9.88 Å². The van der Waals surface area contributed by atoms with Crippen molar-refractivity contribution in [2.45, 2.75) is 45.7 Å². The van der Waals surface area contributed by atoms with E-state index in [1.54, 1.807) is 11.3 Å². The maximum absolute atomic E-state index is 10.7. The Hall–Kier alpha value is -0.940. The molecule has 96 valence electrons. The summed E-state index contributed by atoms with van der Waals surface area (Å²) in [7, 11) is 0. The topological polar surface area (TPSA) is 53.4 Å². The third-order valence-corrected chi connectivity index (χ3v) is 3.38. The Kier molecular flexibility index (Phi) is 4.65. The summed E-state index contributed by atoms with van der Waals surface area (Å²) in [6.45, 7) is 8.90. The monoisotopic (exact) mass is 256 g/mol. The molecule has 0 aliphatic rings. The lowest BCUT2D eigenvalue weighted by atomic mass is 10.0. The van der Waals surface area contributed by atoms with Crippen LogP contribution in [-0.4, -0.2) is 33.0 Å². The molecule has 0 saturated heterocycles. The number of hydrogen-bond acceptors (Lipinski definition) is 4. The van der Waals surface area contributed by atoms with E-state index in [0.717, 1.165) is 5.69 Å². The first-order chi connectivity index (χ1) is 7.82. The van der Waals surface area contributed by atoms with Crippen LogP contribution in [0, 0.1) is 0 Å². The van der Waals surface area contributed by atoms with Crippen molar-refractivity contribution in [3.63, 3.8) is 0 Å². The van der Waals surface area contributed by atoms with Gasteiger partial charge in [0.05, 0.1) is 23.7 Å². The molecule has 4 nitrogen and oxygen atoms in total. The van der Waals surface area contributed by atoms with Crippen LogP contribution < -0.4 is 0 Å². The smallest absolute Gasteiger partial charge is 0.304 e. The summed E-state index contributed by atoms with van der Waals surface area (Å²) >= 11 is 1.57. The maximum Gasteiger partial charge on any atom is 0.304 e. The zero-order valence-corrected chi connectivity index (χ0v) is 11.6. The number of rotatable bonds is 5. The first-order valence-electron chi connectivity index (χ1n) is 5.69. The van der Waals surface area contributed by atoms with Gasteiger partial charge in [0.2, 0.25) is 0 Å². The van der Waals surface area contributed by atoms with Gasteiger partial charge in [-0.15, -0.1) is 11.3 Å². The average molecular weight is 256 g/mol. The number of carbonyl (C=O) groups is 1. The van der Waals surface area contributed by atoms with Crippen LogP contribution in [0.25, 0.3) is 0 Å². The highest BCUT2D eigenvalue weighted by Crippen LogP contribution is 2.27. The molecule has 0 radical (unpaired) electrons. The van der Waals surface area contributed by atoms with E-state index in [9.17, 15) is 4.79 Å². The normalized spacial score (nSPS) is 13.9. The molecule has 0 aliphatic carbocycles. The Morgan fingerprint density at radius 1 is 1.59 bits per heavy atom. The van der Waals surface area contributed by atoms with E-state index in [4.69, 9.17) is 5.11 Å². The van der Waals surface area contributed by atoms with E-state index in [1.165, 1.54) is 0 Å². The molecule has 17 heavy (non-hydrogen) atoms. The summed E-state index contributed by atoms with van der Waals surface area (Å²) in [4.78, 5) is 17.2. The molecule has 1 N–H and O–H groups in total. The summed E-state index contributed by atoms with van der Waals surface area (Å²) in [5.74, 6) is -0.760. The van der Waals surface area contributed by atoms with E-state index >= 15 is 0 Å². The van der Waals surface area contributed by atoms with Gasteiger partial charge in [-0.25, -0.2) is 4.98 Å². The molecule has 5 heteroatoms. The third kappa shape index (κ3) is 4.09. The molecule has 0 saturated carbocycles. The quantitative estimate of drug-likeness (QED) is 0.880. The second-order valence-corrected chi connectivity index (χ2v) is 5.82. The summed E-state index contributed by atoms with van der Waals surface area (Å²) < 4.78 is 0. The van der Waals surface area contributed by atoms with Crippen molar-refractivity contribution in [3.05, 3.63) is 16.6 Å². The van der Waals surface area contributed by atoms with Gasteiger partial charge in [-0.1, -0.05) is 0 Å². The minimum absolute atomic E-state index is 0.0709. The van der Waals surface area contributed by atoms with Crippen molar-refractivity contribution in [1.29, 1.82) is 0 Å². The molecule has 0 fully saturated rings. The van der Waals surface area contributed by atoms with Crippen LogP contribution in [0.3, 0.4) is 0 Å². The number of carboxylic acids is 1. The summed E-state index contributed by atoms with van der Waals surface area (Å²) in [6, 6.07) is 0.139. The van der Waals surface area contributed by atoms with Crippen LogP contribution in [0.15, 0.2) is 10.9 Å². The first kappa shape index (κ1) is 14.1. The molecule has 1 atom stereocenters. The number of nitrogens with zero attached hydrogens (tertiary/aromatic N) is 2. The predicted molar refractivity (Wildman–Crippen MR) is 69.2 cm³/mol. The molecule has 0 bridgehead atoms. The Morgan fingerprint density at radius 3 is 2.65 bits per heavy atom. The number of carboxylic acid groups (broad SMARTS) is 1. The molecular formula is C12H20N2O2S. The number of thiazole rings is 1. The lowest BCUT2D eigenvalue weighted by Gasteiger charge is -2.39. The van der Waals surface area contributed by atoms with Gasteiger partial charge in [-0.2, -0.15) is 0 Å². The lowest BCUT2D eigenvalue weighted by molar-refractivity contribution is -0.137. The van der Waals surface area contributed by atoms with E-state index in [-0.39, 0.29) is 18.0 Å². The van der Waals surface area contributed by atoms with Gasteiger partial charge in [0.25, 0.3) is 0 Å². The lowest BCUT2D eigenvalue weighted by Crippen LogP contribution is -2.44. The standard InChI is InChI=1S/C12H20N2O2S/c1-9(10-7-17-8-13-10)14(12(2,3)4)6-5-11(15)16/h7-9H,5-6H2,1-4H3,(H,15,16). The molecule has 0 aromatic carbocycles. The zero-order chi connectivity index (χ0) is 13.1. The van der Waals surface area contributed by atoms with Gasteiger partial charge in [0.1, 0.15) is 0 Å². The Balaban J connectivity index is 2.79. The van der Waals surface area contributed by atoms with Gasteiger partial charge in [0, 0.05) is 17.5 Å². The van der Waals surface area contributed by atoms with Gasteiger partial charge >= 0.3 is 5.97 Å². The molecule has 0 amide bonds. The molecule has 0 aliphatic heterocycles. The highest BCUT2D eigenvalue weighted by Gasteiger charge is 2.28. The van der Waals surface area contributed by atoms with Gasteiger partial charge in [-0.05, 0) is 27.7 Å². The van der Waals surface area contributed by atoms with Gasteiger partial charge < -0.3 is 5.11 Å². The van der Waals surface area contributed by atoms with Crippen molar-refractivity contribution >= 4 is 17.3 Å². The fraction of sp³-hybridized carbons (Fsp3) is 0.667. The van der Waals surface area contributed by atoms with Crippen molar-refractivity contribution in [2.75, 3.05) is 6.54 Å². The van der Waals surface area contributed by atoms with Crippen molar-refractivity contribution in [3.8, 4) is 0 Å². The van der Waals surface area contributed by atoms with Gasteiger partial charge in [-0.3, -0.25) is 9.69 Å². The number of aromatic nitrogens is 1. The van der Waals surface area contributed by atoms with E-state index in [0.29, 0.717) is 6.54 Å². The SMILES string of the molecule is CC(c1cscn1)N(CCC(=O)O)C(C)(C)C. The molecule has 1 aromatic heterocycles. The van der Waals surface area contributed by atoms with Crippen LogP contribution in [0.5, 0.6) is 0 Å². The zero-order valence-electron chi connectivity index (χ0n) is 10.8. The first-order valence-corrected chi connectivity index (χ1v) is 6.63. The summed E-state index contributed by atoms with van der Waals surface area (Å²) in [6.07, 6.45) is 0.158. The Labute approximate surface area is 106 Å². The van der Waals surface area contributed by atoms with Crippen LogP contribution >= 0.6 is 11.3 Å². The summed E-state index contributed by atoms with van der Waals surface area (Å²) in [5, 5.41) is 10.8. The Bertz CT molecular complexity index is 357. The highest BCUT2D eigenvalue weighted by molar-refractivity contribution is 7.07. The maximum atomic E-state index is 10.7. The molecule has 1 heterocycles. The molecule has 1 aromatic rings. The molecule has 1 unspecified atom stereocenters. The fourth-order valence-electron chi connectivity index (χ4n) is 1.91. The Morgan fingerprint density at radius 2 is 2.24 bits per heavy atom. The number of aliphatic carboxylic acids is 1. The molecule has 0 spiro atoms. The van der Waals surface area contributed by atoms with Crippen LogP contribution in [0.1, 0.15) is 45.9 Å².